The minimum atomic E-state index is 0.738. The highest BCUT2D eigenvalue weighted by Crippen LogP contribution is 2.22. The molecule has 3 aromatic rings. The Bertz CT molecular complexity index is 760. The molecule has 0 spiro atoms. The number of rotatable bonds is 7. The Hall–Kier alpha value is -2.65. The molecule has 0 amide bonds. The molecule has 122 valence electrons. The smallest absolute Gasteiger partial charge is 0.127 e. The number of anilines is 2. The van der Waals surface area contributed by atoms with Crippen LogP contribution in [0.4, 0.5) is 11.4 Å². The number of para-hydroxylation sites is 1. The summed E-state index contributed by atoms with van der Waals surface area (Å²) in [5.74, 6) is 1.66. The zero-order valence-electron chi connectivity index (χ0n) is 13.2. The highest BCUT2D eigenvalue weighted by Gasteiger charge is 1.98. The third kappa shape index (κ3) is 4.93. The van der Waals surface area contributed by atoms with Gasteiger partial charge in [-0.2, -0.15) is 0 Å². The molecule has 3 nitrogen and oxygen atoms in total. The van der Waals surface area contributed by atoms with E-state index in [9.17, 15) is 0 Å². The molecule has 0 bridgehead atoms. The second-order valence-corrected chi connectivity index (χ2v) is 5.74. The van der Waals surface area contributed by atoms with Crippen LogP contribution < -0.4 is 15.4 Å². The lowest BCUT2D eigenvalue weighted by Gasteiger charge is -2.10. The third-order valence-corrected chi connectivity index (χ3v) is 3.68. The zero-order valence-corrected chi connectivity index (χ0v) is 14.0. The maximum atomic E-state index is 5.96. The molecule has 4 heteroatoms. The van der Waals surface area contributed by atoms with Crippen molar-refractivity contribution in [3.05, 3.63) is 83.9 Å². The first-order chi connectivity index (χ1) is 11.8. The fourth-order valence-electron chi connectivity index (χ4n) is 2.28. The number of nitrogens with one attached hydrogen (secondary N) is 2. The molecule has 0 aliphatic heterocycles. The van der Waals surface area contributed by atoms with Crippen LogP contribution in [0.25, 0.3) is 0 Å². The predicted octanol–water partition coefficient (Wildman–Crippen LogP) is 5.66. The van der Waals surface area contributed by atoms with Gasteiger partial charge < -0.3 is 15.4 Å². The van der Waals surface area contributed by atoms with Gasteiger partial charge in [-0.3, -0.25) is 0 Å². The zero-order chi connectivity index (χ0) is 16.6. The standard InChI is InChI=1S/C20H19ClN2O/c21-16-5-4-6-18(15-16)23-14-13-22-17-9-11-20(12-10-17)24-19-7-2-1-3-8-19/h1-12,15,22-23H,13-14H2. The first-order valence-corrected chi connectivity index (χ1v) is 8.24. The van der Waals surface area contributed by atoms with Gasteiger partial charge in [-0.1, -0.05) is 35.9 Å². The van der Waals surface area contributed by atoms with Gasteiger partial charge in [0.2, 0.25) is 0 Å². The number of hydrogen-bond donors (Lipinski definition) is 2. The summed E-state index contributed by atoms with van der Waals surface area (Å²) in [6.07, 6.45) is 0. The molecule has 0 unspecified atom stereocenters. The fraction of sp³-hybridized carbons (Fsp3) is 0.100. The highest BCUT2D eigenvalue weighted by molar-refractivity contribution is 6.30. The van der Waals surface area contributed by atoms with Gasteiger partial charge in [-0.25, -0.2) is 0 Å². The maximum absolute atomic E-state index is 5.96. The van der Waals surface area contributed by atoms with E-state index in [1.54, 1.807) is 0 Å². The normalized spacial score (nSPS) is 10.2. The number of halogens is 1. The van der Waals surface area contributed by atoms with E-state index in [2.05, 4.69) is 10.6 Å². The largest absolute Gasteiger partial charge is 0.457 e. The summed E-state index contributed by atoms with van der Waals surface area (Å²) in [4.78, 5) is 0. The van der Waals surface area contributed by atoms with E-state index >= 15 is 0 Å². The van der Waals surface area contributed by atoms with Gasteiger partial charge in [-0.15, -0.1) is 0 Å². The average molecular weight is 339 g/mol. The number of benzene rings is 3. The molecule has 24 heavy (non-hydrogen) atoms. The van der Waals surface area contributed by atoms with Gasteiger partial charge in [0.15, 0.2) is 0 Å². The summed E-state index contributed by atoms with van der Waals surface area (Å²) in [5.41, 5.74) is 2.08. The lowest BCUT2D eigenvalue weighted by molar-refractivity contribution is 0.483. The van der Waals surface area contributed by atoms with Crippen LogP contribution in [-0.4, -0.2) is 13.1 Å². The van der Waals surface area contributed by atoms with Crippen LogP contribution in [0.15, 0.2) is 78.9 Å². The van der Waals surface area contributed by atoms with Crippen LogP contribution in [0, 0.1) is 0 Å². The summed E-state index contributed by atoms with van der Waals surface area (Å²) in [5, 5.41) is 7.44. The summed E-state index contributed by atoms with van der Waals surface area (Å²) in [6, 6.07) is 25.4. The summed E-state index contributed by atoms with van der Waals surface area (Å²) in [6.45, 7) is 1.62. The molecule has 0 radical (unpaired) electrons. The first-order valence-electron chi connectivity index (χ1n) is 7.86. The second kappa shape index (κ2) is 8.27. The molecular weight excluding hydrogens is 320 g/mol. The van der Waals surface area contributed by atoms with E-state index in [1.165, 1.54) is 0 Å². The van der Waals surface area contributed by atoms with E-state index in [1.807, 2.05) is 78.9 Å². The average Bonchev–Trinajstić information content (AvgIpc) is 2.61. The fourth-order valence-corrected chi connectivity index (χ4v) is 2.47. The van der Waals surface area contributed by atoms with Crippen LogP contribution in [0.2, 0.25) is 5.02 Å². The van der Waals surface area contributed by atoms with Crippen molar-refractivity contribution in [2.24, 2.45) is 0 Å². The van der Waals surface area contributed by atoms with E-state index in [0.29, 0.717) is 0 Å². The molecule has 0 saturated carbocycles. The van der Waals surface area contributed by atoms with Crippen LogP contribution in [-0.2, 0) is 0 Å². The van der Waals surface area contributed by atoms with Gasteiger partial charge in [0.1, 0.15) is 11.5 Å². The topological polar surface area (TPSA) is 33.3 Å². The minimum absolute atomic E-state index is 0.738. The molecule has 0 aromatic heterocycles. The van der Waals surface area contributed by atoms with Crippen molar-refractivity contribution < 1.29 is 4.74 Å². The van der Waals surface area contributed by atoms with E-state index in [0.717, 1.165) is 41.0 Å². The monoisotopic (exact) mass is 338 g/mol. The van der Waals surface area contributed by atoms with Crippen molar-refractivity contribution in [2.45, 2.75) is 0 Å². The first kappa shape index (κ1) is 16.2. The Morgan fingerprint density at radius 2 is 1.33 bits per heavy atom. The molecule has 0 aliphatic carbocycles. The third-order valence-electron chi connectivity index (χ3n) is 3.44. The summed E-state index contributed by atoms with van der Waals surface area (Å²) < 4.78 is 5.78. The van der Waals surface area contributed by atoms with E-state index < -0.39 is 0 Å². The molecule has 3 rings (SSSR count). The van der Waals surface area contributed by atoms with Crippen molar-refractivity contribution in [1.82, 2.24) is 0 Å². The molecule has 0 heterocycles. The van der Waals surface area contributed by atoms with E-state index in [4.69, 9.17) is 16.3 Å². The Morgan fingerprint density at radius 1 is 0.667 bits per heavy atom. The van der Waals surface area contributed by atoms with Crippen molar-refractivity contribution >= 4 is 23.0 Å². The molecule has 0 fully saturated rings. The van der Waals surface area contributed by atoms with Gasteiger partial charge in [0.25, 0.3) is 0 Å². The SMILES string of the molecule is Clc1cccc(NCCNc2ccc(Oc3ccccc3)cc2)c1. The quantitative estimate of drug-likeness (QED) is 0.545. The Morgan fingerprint density at radius 3 is 2.04 bits per heavy atom. The Kier molecular flexibility index (Phi) is 5.59. The lowest BCUT2D eigenvalue weighted by atomic mass is 10.3. The van der Waals surface area contributed by atoms with Gasteiger partial charge >= 0.3 is 0 Å². The Labute approximate surface area is 147 Å². The predicted molar refractivity (Wildman–Crippen MR) is 101 cm³/mol. The molecule has 0 atom stereocenters. The lowest BCUT2D eigenvalue weighted by Crippen LogP contribution is -2.13. The van der Waals surface area contributed by atoms with Crippen molar-refractivity contribution in [3.63, 3.8) is 0 Å². The van der Waals surface area contributed by atoms with Gasteiger partial charge in [-0.05, 0) is 54.6 Å². The van der Waals surface area contributed by atoms with Crippen LogP contribution in [0.5, 0.6) is 11.5 Å². The molecule has 3 aromatic carbocycles. The van der Waals surface area contributed by atoms with Gasteiger partial charge in [0, 0.05) is 29.5 Å². The van der Waals surface area contributed by atoms with Crippen molar-refractivity contribution in [2.75, 3.05) is 23.7 Å². The van der Waals surface area contributed by atoms with Crippen molar-refractivity contribution in [1.29, 1.82) is 0 Å². The van der Waals surface area contributed by atoms with Crippen molar-refractivity contribution in [3.8, 4) is 11.5 Å². The molecule has 0 aliphatic rings. The number of ether oxygens (including phenoxy) is 1. The minimum Gasteiger partial charge on any atom is -0.457 e. The molecular formula is C20H19ClN2O. The Balaban J connectivity index is 1.44. The van der Waals surface area contributed by atoms with E-state index in [-0.39, 0.29) is 0 Å². The van der Waals surface area contributed by atoms with Crippen LogP contribution >= 0.6 is 11.6 Å². The van der Waals surface area contributed by atoms with Crippen LogP contribution in [0.1, 0.15) is 0 Å². The summed E-state index contributed by atoms with van der Waals surface area (Å²) in [7, 11) is 0. The second-order valence-electron chi connectivity index (χ2n) is 5.30. The molecule has 2 N–H and O–H groups in total. The van der Waals surface area contributed by atoms with Gasteiger partial charge in [0.05, 0.1) is 0 Å². The molecule has 0 saturated heterocycles. The van der Waals surface area contributed by atoms with Crippen LogP contribution in [0.3, 0.4) is 0 Å². The summed E-state index contributed by atoms with van der Waals surface area (Å²) >= 11 is 5.96. The number of hydrogen-bond acceptors (Lipinski definition) is 3. The maximum Gasteiger partial charge on any atom is 0.127 e. The highest BCUT2D eigenvalue weighted by atomic mass is 35.5.